The van der Waals surface area contributed by atoms with Gasteiger partial charge in [-0.05, 0) is 42.7 Å². The summed E-state index contributed by atoms with van der Waals surface area (Å²) < 4.78 is 6.45. The van der Waals surface area contributed by atoms with E-state index in [4.69, 9.17) is 4.74 Å². The summed E-state index contributed by atoms with van der Waals surface area (Å²) in [6.07, 6.45) is 3.31. The van der Waals surface area contributed by atoms with Crippen LogP contribution in [0.3, 0.4) is 0 Å². The SMILES string of the molecule is COc1ccccc1-c1ccnc2c(-c3c(C)cccc3C)[n+]([O-])ccc12. The molecule has 0 amide bonds. The second kappa shape index (κ2) is 6.72. The lowest BCUT2D eigenvalue weighted by Gasteiger charge is -2.14. The van der Waals surface area contributed by atoms with Crippen molar-refractivity contribution in [1.29, 1.82) is 0 Å². The summed E-state index contributed by atoms with van der Waals surface area (Å²) in [5.41, 5.74) is 6.28. The maximum Gasteiger partial charge on any atom is 0.250 e. The third-order valence-corrected chi connectivity index (χ3v) is 4.93. The summed E-state index contributed by atoms with van der Waals surface area (Å²) in [6, 6.07) is 17.7. The van der Waals surface area contributed by atoms with Crippen LogP contribution in [0.15, 0.2) is 67.0 Å². The Hall–Kier alpha value is -3.40. The van der Waals surface area contributed by atoms with Gasteiger partial charge in [0.15, 0.2) is 6.20 Å². The van der Waals surface area contributed by atoms with E-state index in [-0.39, 0.29) is 0 Å². The van der Waals surface area contributed by atoms with E-state index in [9.17, 15) is 5.21 Å². The van der Waals surface area contributed by atoms with Crippen molar-refractivity contribution in [2.24, 2.45) is 0 Å². The second-order valence-electron chi connectivity index (χ2n) is 6.58. The first-order chi connectivity index (χ1) is 13.1. The Morgan fingerprint density at radius 3 is 2.37 bits per heavy atom. The lowest BCUT2D eigenvalue weighted by molar-refractivity contribution is -0.592. The highest BCUT2D eigenvalue weighted by atomic mass is 16.5. The molecular formula is C23H20N2O2. The van der Waals surface area contributed by atoms with Gasteiger partial charge >= 0.3 is 0 Å². The molecule has 2 aromatic heterocycles. The fourth-order valence-electron chi connectivity index (χ4n) is 3.67. The van der Waals surface area contributed by atoms with Gasteiger partial charge in [-0.3, -0.25) is 0 Å². The van der Waals surface area contributed by atoms with Crippen LogP contribution in [0, 0.1) is 19.1 Å². The third-order valence-electron chi connectivity index (χ3n) is 4.93. The number of pyridine rings is 2. The highest BCUT2D eigenvalue weighted by molar-refractivity contribution is 6.01. The minimum absolute atomic E-state index is 0.583. The van der Waals surface area contributed by atoms with Crippen LogP contribution < -0.4 is 9.47 Å². The number of methoxy groups -OCH3 is 1. The first kappa shape index (κ1) is 17.0. The van der Waals surface area contributed by atoms with Gasteiger partial charge in [0.05, 0.1) is 12.7 Å². The molecule has 0 atom stereocenters. The summed E-state index contributed by atoms with van der Waals surface area (Å²) in [7, 11) is 1.66. The molecule has 4 rings (SSSR count). The fraction of sp³-hybridized carbons (Fsp3) is 0.130. The number of fused-ring (bicyclic) bond motifs is 1. The standard InChI is InChI=1S/C23H20N2O2/c1-15-7-6-8-16(2)21(15)23-22-19(12-14-25(23)26)17(11-13-24-22)18-9-4-5-10-20(18)27-3/h4-14H,1-3H3. The van der Waals surface area contributed by atoms with Crippen LogP contribution in [-0.4, -0.2) is 12.1 Å². The molecule has 0 spiro atoms. The fourth-order valence-corrected chi connectivity index (χ4v) is 3.67. The molecule has 4 nitrogen and oxygen atoms in total. The Labute approximate surface area is 158 Å². The van der Waals surface area contributed by atoms with Crippen molar-refractivity contribution in [2.45, 2.75) is 13.8 Å². The van der Waals surface area contributed by atoms with E-state index < -0.39 is 0 Å². The van der Waals surface area contributed by atoms with Gasteiger partial charge in [0.25, 0.3) is 5.69 Å². The molecule has 0 bridgehead atoms. The first-order valence-electron chi connectivity index (χ1n) is 8.82. The molecule has 0 N–H and O–H groups in total. The lowest BCUT2D eigenvalue weighted by Crippen LogP contribution is -2.29. The van der Waals surface area contributed by atoms with E-state index in [0.29, 0.717) is 11.2 Å². The van der Waals surface area contributed by atoms with Crippen molar-refractivity contribution in [3.63, 3.8) is 0 Å². The summed E-state index contributed by atoms with van der Waals surface area (Å²) in [5.74, 6) is 0.789. The Kier molecular flexibility index (Phi) is 4.24. The quantitative estimate of drug-likeness (QED) is 0.390. The van der Waals surface area contributed by atoms with Crippen molar-refractivity contribution in [3.8, 4) is 28.1 Å². The number of ether oxygens (including phenoxy) is 1. The van der Waals surface area contributed by atoms with Gasteiger partial charge in [-0.1, -0.05) is 36.4 Å². The summed E-state index contributed by atoms with van der Waals surface area (Å²) in [5, 5.41) is 13.7. The third kappa shape index (κ3) is 2.79. The molecule has 2 aromatic carbocycles. The molecule has 0 radical (unpaired) electrons. The Bertz CT molecular complexity index is 1130. The summed E-state index contributed by atoms with van der Waals surface area (Å²) in [6.45, 7) is 4.04. The zero-order valence-electron chi connectivity index (χ0n) is 15.6. The number of aromatic nitrogens is 2. The number of hydrogen-bond acceptors (Lipinski definition) is 3. The molecule has 4 aromatic rings. The summed E-state index contributed by atoms with van der Waals surface area (Å²) in [4.78, 5) is 4.58. The van der Waals surface area contributed by atoms with E-state index in [2.05, 4.69) is 4.98 Å². The van der Waals surface area contributed by atoms with Gasteiger partial charge in [0.1, 0.15) is 11.3 Å². The molecule has 0 unspecified atom stereocenters. The molecule has 0 aliphatic heterocycles. The number of rotatable bonds is 3. The Morgan fingerprint density at radius 1 is 0.889 bits per heavy atom. The topological polar surface area (TPSA) is 49.1 Å². The Morgan fingerprint density at radius 2 is 1.63 bits per heavy atom. The van der Waals surface area contributed by atoms with E-state index >= 15 is 0 Å². The molecule has 2 heterocycles. The molecular weight excluding hydrogens is 336 g/mol. The first-order valence-corrected chi connectivity index (χ1v) is 8.82. The number of benzene rings is 2. The van der Waals surface area contributed by atoms with Crippen molar-refractivity contribution in [1.82, 2.24) is 4.98 Å². The van der Waals surface area contributed by atoms with E-state index in [1.165, 1.54) is 0 Å². The second-order valence-corrected chi connectivity index (χ2v) is 6.58. The Balaban J connectivity index is 2.08. The van der Waals surface area contributed by atoms with Crippen molar-refractivity contribution < 1.29 is 9.47 Å². The lowest BCUT2D eigenvalue weighted by atomic mass is 9.95. The van der Waals surface area contributed by atoms with Crippen LogP contribution in [-0.2, 0) is 0 Å². The minimum atomic E-state index is 0.583. The molecule has 0 saturated carbocycles. The van der Waals surface area contributed by atoms with E-state index in [0.717, 1.165) is 43.7 Å². The van der Waals surface area contributed by atoms with Crippen molar-refractivity contribution in [3.05, 3.63) is 83.3 Å². The van der Waals surface area contributed by atoms with Gasteiger partial charge in [-0.2, -0.15) is 4.73 Å². The predicted molar refractivity (Wildman–Crippen MR) is 108 cm³/mol. The van der Waals surface area contributed by atoms with Gasteiger partial charge in [0.2, 0.25) is 0 Å². The van der Waals surface area contributed by atoms with Crippen LogP contribution in [0.25, 0.3) is 33.3 Å². The molecule has 0 fully saturated rings. The van der Waals surface area contributed by atoms with Gasteiger partial charge in [0, 0.05) is 23.2 Å². The van der Waals surface area contributed by atoms with Crippen molar-refractivity contribution in [2.75, 3.05) is 7.11 Å². The molecule has 0 aliphatic carbocycles. The van der Waals surface area contributed by atoms with Crippen molar-refractivity contribution >= 4 is 10.9 Å². The van der Waals surface area contributed by atoms with Gasteiger partial charge < -0.3 is 9.94 Å². The number of aryl methyl sites for hydroxylation is 2. The molecule has 0 saturated heterocycles. The number of hydrogen-bond donors (Lipinski definition) is 0. The van der Waals surface area contributed by atoms with E-state index in [1.807, 2.05) is 68.4 Å². The normalized spacial score (nSPS) is 10.9. The average Bonchev–Trinajstić information content (AvgIpc) is 2.68. The minimum Gasteiger partial charge on any atom is -0.618 e. The van der Waals surface area contributed by atoms with E-state index in [1.54, 1.807) is 19.5 Å². The zero-order valence-corrected chi connectivity index (χ0v) is 15.6. The van der Waals surface area contributed by atoms with Crippen LogP contribution in [0.2, 0.25) is 0 Å². The number of para-hydroxylation sites is 1. The highest BCUT2D eigenvalue weighted by Crippen LogP contribution is 2.37. The van der Waals surface area contributed by atoms with Crippen LogP contribution in [0.1, 0.15) is 11.1 Å². The smallest absolute Gasteiger partial charge is 0.250 e. The molecule has 27 heavy (non-hydrogen) atoms. The molecule has 4 heteroatoms. The zero-order chi connectivity index (χ0) is 19.0. The van der Waals surface area contributed by atoms with Gasteiger partial charge in [-0.25, -0.2) is 4.98 Å². The maximum absolute atomic E-state index is 12.8. The molecule has 134 valence electrons. The molecule has 0 aliphatic rings. The van der Waals surface area contributed by atoms with Crippen LogP contribution in [0.5, 0.6) is 5.75 Å². The maximum atomic E-state index is 12.8. The average molecular weight is 356 g/mol. The largest absolute Gasteiger partial charge is 0.618 e. The van der Waals surface area contributed by atoms with Gasteiger partial charge in [-0.15, -0.1) is 0 Å². The summed E-state index contributed by atoms with van der Waals surface area (Å²) >= 11 is 0. The number of nitrogens with zero attached hydrogens (tertiary/aromatic N) is 2. The van der Waals surface area contributed by atoms with Crippen LogP contribution in [0.4, 0.5) is 0 Å². The monoisotopic (exact) mass is 356 g/mol. The highest BCUT2D eigenvalue weighted by Gasteiger charge is 2.21. The van der Waals surface area contributed by atoms with Crippen LogP contribution >= 0.6 is 0 Å². The predicted octanol–water partition coefficient (Wildman–Crippen LogP) is 4.83.